The molecule has 3 N–H and O–H groups in total. The van der Waals surface area contributed by atoms with Crippen LogP contribution in [0, 0.1) is 0 Å². The molecule has 0 saturated carbocycles. The molecule has 0 aliphatic rings. The molecule has 4 aromatic rings. The van der Waals surface area contributed by atoms with Crippen LogP contribution >= 0.6 is 11.6 Å². The lowest BCUT2D eigenvalue weighted by atomic mass is 10.2. The van der Waals surface area contributed by atoms with Crippen LogP contribution in [0.25, 0.3) is 33.8 Å². The SMILES string of the molecule is CNc1nccc(-c2cc(-c3nc4cc(Cl)ccc4[nH]3)c(=O)[nH]n2)n1. The van der Waals surface area contributed by atoms with Gasteiger partial charge < -0.3 is 10.3 Å². The zero-order valence-corrected chi connectivity index (χ0v) is 13.8. The number of rotatable bonds is 3. The van der Waals surface area contributed by atoms with Gasteiger partial charge in [-0.1, -0.05) is 11.6 Å². The first-order valence-electron chi connectivity index (χ1n) is 7.40. The minimum Gasteiger partial charge on any atom is -0.357 e. The average Bonchev–Trinajstić information content (AvgIpc) is 3.05. The van der Waals surface area contributed by atoms with Crippen molar-refractivity contribution < 1.29 is 0 Å². The van der Waals surface area contributed by atoms with Crippen molar-refractivity contribution in [2.24, 2.45) is 0 Å². The Bertz CT molecular complexity index is 1130. The smallest absolute Gasteiger partial charge is 0.275 e. The largest absolute Gasteiger partial charge is 0.357 e. The van der Waals surface area contributed by atoms with Crippen LogP contribution in [-0.2, 0) is 0 Å². The number of hydrogen-bond acceptors (Lipinski definition) is 6. The van der Waals surface area contributed by atoms with Gasteiger partial charge in [0.25, 0.3) is 5.56 Å². The highest BCUT2D eigenvalue weighted by Crippen LogP contribution is 2.23. The van der Waals surface area contributed by atoms with E-state index in [0.717, 1.165) is 5.52 Å². The molecule has 0 saturated heterocycles. The second kappa shape index (κ2) is 5.99. The van der Waals surface area contributed by atoms with Crippen LogP contribution in [0.3, 0.4) is 0 Å². The van der Waals surface area contributed by atoms with Crippen LogP contribution in [0.15, 0.2) is 41.3 Å². The molecule has 0 unspecified atom stereocenters. The second-order valence-corrected chi connectivity index (χ2v) is 5.69. The maximum absolute atomic E-state index is 12.2. The van der Waals surface area contributed by atoms with Crippen LogP contribution in [0.1, 0.15) is 0 Å². The van der Waals surface area contributed by atoms with Gasteiger partial charge in [-0.2, -0.15) is 5.10 Å². The van der Waals surface area contributed by atoms with E-state index in [9.17, 15) is 4.79 Å². The van der Waals surface area contributed by atoms with E-state index in [-0.39, 0.29) is 5.56 Å². The van der Waals surface area contributed by atoms with E-state index in [1.807, 2.05) is 6.07 Å². The Morgan fingerprint density at radius 3 is 2.84 bits per heavy atom. The highest BCUT2D eigenvalue weighted by atomic mass is 35.5. The van der Waals surface area contributed by atoms with Crippen molar-refractivity contribution >= 4 is 28.6 Å². The molecule has 0 bridgehead atoms. The van der Waals surface area contributed by atoms with Gasteiger partial charge in [0.2, 0.25) is 5.95 Å². The van der Waals surface area contributed by atoms with Crippen molar-refractivity contribution in [1.82, 2.24) is 30.1 Å². The Morgan fingerprint density at radius 2 is 2.00 bits per heavy atom. The van der Waals surface area contributed by atoms with E-state index in [1.54, 1.807) is 37.5 Å². The fourth-order valence-corrected chi connectivity index (χ4v) is 2.61. The Morgan fingerprint density at radius 1 is 1.12 bits per heavy atom. The number of imidazole rings is 1. The fraction of sp³-hybridized carbons (Fsp3) is 0.0625. The number of aromatic amines is 2. The van der Waals surface area contributed by atoms with Gasteiger partial charge in [0, 0.05) is 18.3 Å². The maximum Gasteiger partial charge on any atom is 0.275 e. The summed E-state index contributed by atoms with van der Waals surface area (Å²) in [5.41, 5.74) is 2.57. The molecule has 25 heavy (non-hydrogen) atoms. The molecule has 0 aliphatic carbocycles. The molecule has 0 spiro atoms. The number of halogens is 1. The Labute approximate surface area is 146 Å². The van der Waals surface area contributed by atoms with Gasteiger partial charge in [0.15, 0.2) is 0 Å². The van der Waals surface area contributed by atoms with Crippen LogP contribution in [-0.4, -0.2) is 37.2 Å². The molecular formula is C16H12ClN7O. The molecule has 3 heterocycles. The summed E-state index contributed by atoms with van der Waals surface area (Å²) in [7, 11) is 1.73. The lowest BCUT2D eigenvalue weighted by Crippen LogP contribution is -2.12. The molecule has 0 fully saturated rings. The first kappa shape index (κ1) is 15.3. The summed E-state index contributed by atoms with van der Waals surface area (Å²) < 4.78 is 0. The predicted molar refractivity (Wildman–Crippen MR) is 95.5 cm³/mol. The minimum absolute atomic E-state index is 0.350. The van der Waals surface area contributed by atoms with Gasteiger partial charge >= 0.3 is 0 Å². The normalized spacial score (nSPS) is 11.0. The lowest BCUT2D eigenvalue weighted by molar-refractivity contribution is 0.984. The second-order valence-electron chi connectivity index (χ2n) is 5.26. The summed E-state index contributed by atoms with van der Waals surface area (Å²) in [6.45, 7) is 0. The Hall–Kier alpha value is -3.26. The molecule has 0 aliphatic heterocycles. The maximum atomic E-state index is 12.2. The summed E-state index contributed by atoms with van der Waals surface area (Å²) in [5, 5.41) is 9.99. The molecule has 0 amide bonds. The topological polar surface area (TPSA) is 112 Å². The number of nitrogens with zero attached hydrogens (tertiary/aromatic N) is 4. The number of hydrogen-bond donors (Lipinski definition) is 3. The zero-order chi connectivity index (χ0) is 17.4. The van der Waals surface area contributed by atoms with Crippen LogP contribution < -0.4 is 10.9 Å². The molecule has 9 heteroatoms. The standard InChI is InChI=1S/C16H12ClN7O/c1-18-16-19-5-4-11(22-16)13-7-9(15(25)24-23-13)14-20-10-3-2-8(17)6-12(10)21-14/h2-7H,1H3,(H,20,21)(H,24,25)(H,18,19,22). The summed E-state index contributed by atoms with van der Waals surface area (Å²) >= 11 is 5.99. The molecule has 8 nitrogen and oxygen atoms in total. The molecule has 3 aromatic heterocycles. The van der Waals surface area contributed by atoms with Crippen molar-refractivity contribution in [2.45, 2.75) is 0 Å². The average molecular weight is 354 g/mol. The zero-order valence-electron chi connectivity index (χ0n) is 13.0. The van der Waals surface area contributed by atoms with E-state index in [1.165, 1.54) is 0 Å². The number of anilines is 1. The van der Waals surface area contributed by atoms with Crippen LogP contribution in [0.4, 0.5) is 5.95 Å². The molecule has 124 valence electrons. The van der Waals surface area contributed by atoms with Gasteiger partial charge in [-0.05, 0) is 30.3 Å². The number of nitrogens with one attached hydrogen (secondary N) is 3. The predicted octanol–water partition coefficient (Wildman–Crippen LogP) is 2.47. The number of aromatic nitrogens is 6. The fourth-order valence-electron chi connectivity index (χ4n) is 2.44. The highest BCUT2D eigenvalue weighted by molar-refractivity contribution is 6.31. The molecule has 1 aromatic carbocycles. The van der Waals surface area contributed by atoms with Crippen molar-refractivity contribution in [3.8, 4) is 22.8 Å². The van der Waals surface area contributed by atoms with Gasteiger partial charge in [0.05, 0.1) is 22.3 Å². The monoisotopic (exact) mass is 353 g/mol. The number of benzene rings is 1. The third-order valence-corrected chi connectivity index (χ3v) is 3.88. The molecular weight excluding hydrogens is 342 g/mol. The summed E-state index contributed by atoms with van der Waals surface area (Å²) in [4.78, 5) is 28.2. The van der Waals surface area contributed by atoms with Gasteiger partial charge in [-0.25, -0.2) is 20.1 Å². The summed E-state index contributed by atoms with van der Waals surface area (Å²) in [5.74, 6) is 0.899. The van der Waals surface area contributed by atoms with E-state index in [4.69, 9.17) is 11.6 Å². The van der Waals surface area contributed by atoms with Crippen molar-refractivity contribution in [2.75, 3.05) is 12.4 Å². The molecule has 0 atom stereocenters. The highest BCUT2D eigenvalue weighted by Gasteiger charge is 2.13. The Balaban J connectivity index is 1.85. The van der Waals surface area contributed by atoms with Crippen molar-refractivity contribution in [3.63, 3.8) is 0 Å². The minimum atomic E-state index is -0.350. The lowest BCUT2D eigenvalue weighted by Gasteiger charge is -2.03. The van der Waals surface area contributed by atoms with Crippen molar-refractivity contribution in [3.05, 3.63) is 51.9 Å². The third kappa shape index (κ3) is 2.83. The number of fused-ring (bicyclic) bond motifs is 1. The first-order valence-corrected chi connectivity index (χ1v) is 7.78. The quantitative estimate of drug-likeness (QED) is 0.521. The molecule has 0 radical (unpaired) electrons. The van der Waals surface area contributed by atoms with Gasteiger partial charge in [0.1, 0.15) is 11.5 Å². The van der Waals surface area contributed by atoms with E-state index in [0.29, 0.717) is 39.3 Å². The summed E-state index contributed by atoms with van der Waals surface area (Å²) in [6, 6.07) is 8.66. The van der Waals surface area contributed by atoms with Gasteiger partial charge in [-0.3, -0.25) is 4.79 Å². The summed E-state index contributed by atoms with van der Waals surface area (Å²) in [6.07, 6.45) is 1.61. The van der Waals surface area contributed by atoms with Crippen LogP contribution in [0.5, 0.6) is 0 Å². The number of H-pyrrole nitrogens is 2. The van der Waals surface area contributed by atoms with Crippen LogP contribution in [0.2, 0.25) is 5.02 Å². The van der Waals surface area contributed by atoms with E-state index < -0.39 is 0 Å². The van der Waals surface area contributed by atoms with E-state index >= 15 is 0 Å². The third-order valence-electron chi connectivity index (χ3n) is 3.65. The van der Waals surface area contributed by atoms with Crippen molar-refractivity contribution in [1.29, 1.82) is 0 Å². The van der Waals surface area contributed by atoms with E-state index in [2.05, 4.69) is 35.5 Å². The van der Waals surface area contributed by atoms with Gasteiger partial charge in [-0.15, -0.1) is 0 Å². The Kier molecular flexibility index (Phi) is 3.66. The molecule has 4 rings (SSSR count). The first-order chi connectivity index (χ1) is 12.1.